The van der Waals surface area contributed by atoms with Gasteiger partial charge in [-0.15, -0.1) is 0 Å². The van der Waals surface area contributed by atoms with Gasteiger partial charge in [0.15, 0.2) is 0 Å². The summed E-state index contributed by atoms with van der Waals surface area (Å²) < 4.78 is 4.86. The standard InChI is InChI=1S/C15H14ClNO3/c16-13-4-2-1-3-11(13)5-6-15(19)17-9-14(18)12-7-8-20-10-12/h1-8,10,14,18H,9H2,(H,17,19)/b6-5+. The first kappa shape index (κ1) is 14.4. The summed E-state index contributed by atoms with van der Waals surface area (Å²) in [5.74, 6) is -0.299. The number of carbonyl (C=O) groups excluding carboxylic acids is 1. The molecule has 5 heteroatoms. The van der Waals surface area contributed by atoms with Gasteiger partial charge < -0.3 is 14.8 Å². The number of furan rings is 1. The lowest BCUT2D eigenvalue weighted by Crippen LogP contribution is -2.26. The number of hydrogen-bond donors (Lipinski definition) is 2. The van der Waals surface area contributed by atoms with Crippen LogP contribution in [0.2, 0.25) is 5.02 Å². The van der Waals surface area contributed by atoms with Gasteiger partial charge in [0, 0.05) is 23.2 Å². The molecule has 0 saturated carbocycles. The molecule has 2 N–H and O–H groups in total. The predicted molar refractivity (Wildman–Crippen MR) is 77.2 cm³/mol. The maximum Gasteiger partial charge on any atom is 0.244 e. The molecule has 0 saturated heterocycles. The number of hydrogen-bond acceptors (Lipinski definition) is 3. The molecule has 0 aliphatic rings. The number of amides is 1. The highest BCUT2D eigenvalue weighted by molar-refractivity contribution is 6.32. The van der Waals surface area contributed by atoms with E-state index in [0.717, 1.165) is 5.56 Å². The first-order chi connectivity index (χ1) is 9.66. The maximum atomic E-state index is 11.6. The summed E-state index contributed by atoms with van der Waals surface area (Å²) in [7, 11) is 0. The molecule has 0 aliphatic heterocycles. The minimum atomic E-state index is -0.786. The van der Waals surface area contributed by atoms with E-state index in [4.69, 9.17) is 16.0 Å². The fraction of sp³-hybridized carbons (Fsp3) is 0.133. The van der Waals surface area contributed by atoms with Crippen molar-refractivity contribution in [2.45, 2.75) is 6.10 Å². The molecule has 104 valence electrons. The van der Waals surface area contributed by atoms with Crippen molar-refractivity contribution in [3.63, 3.8) is 0 Å². The maximum absolute atomic E-state index is 11.6. The normalized spacial score (nSPS) is 12.5. The SMILES string of the molecule is O=C(/C=C/c1ccccc1Cl)NCC(O)c1ccoc1. The van der Waals surface area contributed by atoms with Crippen LogP contribution in [0.25, 0.3) is 6.08 Å². The molecule has 0 radical (unpaired) electrons. The smallest absolute Gasteiger partial charge is 0.244 e. The van der Waals surface area contributed by atoms with Crippen molar-refractivity contribution in [2.75, 3.05) is 6.54 Å². The molecule has 2 rings (SSSR count). The Morgan fingerprint density at radius 2 is 2.20 bits per heavy atom. The predicted octanol–water partition coefficient (Wildman–Crippen LogP) is 2.80. The average Bonchev–Trinajstić information content (AvgIpc) is 2.98. The van der Waals surface area contributed by atoms with E-state index >= 15 is 0 Å². The lowest BCUT2D eigenvalue weighted by atomic mass is 10.2. The van der Waals surface area contributed by atoms with Gasteiger partial charge in [-0.3, -0.25) is 4.79 Å². The number of benzene rings is 1. The summed E-state index contributed by atoms with van der Waals surface area (Å²) in [4.78, 5) is 11.6. The van der Waals surface area contributed by atoms with Crippen LogP contribution < -0.4 is 5.32 Å². The summed E-state index contributed by atoms with van der Waals surface area (Å²) in [5.41, 5.74) is 1.39. The van der Waals surface area contributed by atoms with Crippen LogP contribution in [0.4, 0.5) is 0 Å². The van der Waals surface area contributed by atoms with E-state index in [1.807, 2.05) is 18.2 Å². The fourth-order valence-electron chi connectivity index (χ4n) is 1.61. The largest absolute Gasteiger partial charge is 0.472 e. The Hall–Kier alpha value is -2.04. The zero-order chi connectivity index (χ0) is 14.4. The van der Waals surface area contributed by atoms with E-state index in [0.29, 0.717) is 10.6 Å². The number of halogens is 1. The Morgan fingerprint density at radius 3 is 2.90 bits per heavy atom. The number of nitrogens with one attached hydrogen (secondary N) is 1. The molecule has 2 aromatic rings. The summed E-state index contributed by atoms with van der Waals surface area (Å²) >= 11 is 5.97. The Labute approximate surface area is 121 Å². The van der Waals surface area contributed by atoms with Crippen LogP contribution in [0.3, 0.4) is 0 Å². The van der Waals surface area contributed by atoms with E-state index < -0.39 is 6.10 Å². The second-order valence-corrected chi connectivity index (χ2v) is 4.58. The van der Waals surface area contributed by atoms with E-state index in [2.05, 4.69) is 5.32 Å². The van der Waals surface area contributed by atoms with Gasteiger partial charge in [-0.1, -0.05) is 29.8 Å². The second kappa shape index (κ2) is 6.93. The molecule has 1 heterocycles. The molecule has 1 amide bonds. The Kier molecular flexibility index (Phi) is 4.98. The van der Waals surface area contributed by atoms with Gasteiger partial charge >= 0.3 is 0 Å². The van der Waals surface area contributed by atoms with Crippen LogP contribution in [-0.2, 0) is 4.79 Å². The molecular formula is C15H14ClNO3. The van der Waals surface area contributed by atoms with Gasteiger partial charge in [-0.05, 0) is 23.8 Å². The third-order valence-electron chi connectivity index (χ3n) is 2.72. The summed E-state index contributed by atoms with van der Waals surface area (Å²) in [6.45, 7) is 0.116. The zero-order valence-corrected chi connectivity index (χ0v) is 11.4. The van der Waals surface area contributed by atoms with Gasteiger partial charge in [0.25, 0.3) is 0 Å². The van der Waals surface area contributed by atoms with Crippen LogP contribution in [0, 0.1) is 0 Å². The second-order valence-electron chi connectivity index (χ2n) is 4.17. The van der Waals surface area contributed by atoms with E-state index in [9.17, 15) is 9.90 Å². The lowest BCUT2D eigenvalue weighted by Gasteiger charge is -2.08. The third kappa shape index (κ3) is 3.98. The fourth-order valence-corrected chi connectivity index (χ4v) is 1.81. The first-order valence-corrected chi connectivity index (χ1v) is 6.45. The van der Waals surface area contributed by atoms with E-state index in [1.165, 1.54) is 18.6 Å². The topological polar surface area (TPSA) is 62.5 Å². The minimum Gasteiger partial charge on any atom is -0.472 e. The molecule has 1 unspecified atom stereocenters. The Morgan fingerprint density at radius 1 is 1.40 bits per heavy atom. The Balaban J connectivity index is 1.85. The molecule has 0 spiro atoms. The molecule has 0 bridgehead atoms. The molecule has 1 aromatic carbocycles. The van der Waals surface area contributed by atoms with Crippen molar-refractivity contribution in [2.24, 2.45) is 0 Å². The van der Waals surface area contributed by atoms with Gasteiger partial charge in [-0.2, -0.15) is 0 Å². The highest BCUT2D eigenvalue weighted by atomic mass is 35.5. The number of aliphatic hydroxyl groups is 1. The summed E-state index contributed by atoms with van der Waals surface area (Å²) in [6, 6.07) is 8.87. The van der Waals surface area contributed by atoms with Crippen LogP contribution in [0.5, 0.6) is 0 Å². The molecular weight excluding hydrogens is 278 g/mol. The molecule has 20 heavy (non-hydrogen) atoms. The number of aliphatic hydroxyl groups excluding tert-OH is 1. The van der Waals surface area contributed by atoms with Gasteiger partial charge in [0.05, 0.1) is 18.6 Å². The molecule has 0 fully saturated rings. The molecule has 0 aliphatic carbocycles. The van der Waals surface area contributed by atoms with Crippen molar-refractivity contribution in [3.8, 4) is 0 Å². The minimum absolute atomic E-state index is 0.116. The highest BCUT2D eigenvalue weighted by Gasteiger charge is 2.09. The monoisotopic (exact) mass is 291 g/mol. The zero-order valence-electron chi connectivity index (χ0n) is 10.6. The Bertz CT molecular complexity index is 593. The van der Waals surface area contributed by atoms with Crippen LogP contribution in [0.1, 0.15) is 17.2 Å². The van der Waals surface area contributed by atoms with E-state index in [1.54, 1.807) is 18.2 Å². The van der Waals surface area contributed by atoms with Gasteiger partial charge in [-0.25, -0.2) is 0 Å². The van der Waals surface area contributed by atoms with Crippen molar-refractivity contribution < 1.29 is 14.3 Å². The molecule has 4 nitrogen and oxygen atoms in total. The number of rotatable bonds is 5. The van der Waals surface area contributed by atoms with Crippen LogP contribution in [-0.4, -0.2) is 17.6 Å². The number of carbonyl (C=O) groups is 1. The molecule has 1 aromatic heterocycles. The quantitative estimate of drug-likeness (QED) is 0.833. The van der Waals surface area contributed by atoms with E-state index in [-0.39, 0.29) is 12.5 Å². The van der Waals surface area contributed by atoms with Gasteiger partial charge in [0.1, 0.15) is 0 Å². The highest BCUT2D eigenvalue weighted by Crippen LogP contribution is 2.16. The third-order valence-corrected chi connectivity index (χ3v) is 3.06. The lowest BCUT2D eigenvalue weighted by molar-refractivity contribution is -0.116. The average molecular weight is 292 g/mol. The first-order valence-electron chi connectivity index (χ1n) is 6.07. The van der Waals surface area contributed by atoms with Crippen molar-refractivity contribution in [1.29, 1.82) is 0 Å². The summed E-state index contributed by atoms with van der Waals surface area (Å²) in [6.07, 6.45) is 5.13. The van der Waals surface area contributed by atoms with Gasteiger partial charge in [0.2, 0.25) is 5.91 Å². The van der Waals surface area contributed by atoms with Crippen LogP contribution >= 0.6 is 11.6 Å². The van der Waals surface area contributed by atoms with Crippen molar-refractivity contribution in [3.05, 3.63) is 65.1 Å². The van der Waals surface area contributed by atoms with Crippen molar-refractivity contribution >= 4 is 23.6 Å². The molecule has 1 atom stereocenters. The summed E-state index contributed by atoms with van der Waals surface area (Å²) in [5, 5.41) is 12.9. The van der Waals surface area contributed by atoms with Crippen LogP contribution in [0.15, 0.2) is 53.4 Å². The van der Waals surface area contributed by atoms with Crippen molar-refractivity contribution in [1.82, 2.24) is 5.32 Å².